The molecule has 1 fully saturated rings. The fourth-order valence-electron chi connectivity index (χ4n) is 4.23. The maximum Gasteiger partial charge on any atom is 0.253 e. The maximum absolute atomic E-state index is 13.2. The van der Waals surface area contributed by atoms with Crippen LogP contribution in [0.3, 0.4) is 0 Å². The summed E-state index contributed by atoms with van der Waals surface area (Å²) in [5.74, 6) is -0.630. The Morgan fingerprint density at radius 2 is 1.95 bits per heavy atom. The number of hydrogen-bond donors (Lipinski definition) is 5. The van der Waals surface area contributed by atoms with E-state index >= 15 is 0 Å². The first kappa shape index (κ1) is 28.5. The van der Waals surface area contributed by atoms with E-state index in [1.165, 1.54) is 16.7 Å². The molecule has 0 bridgehead atoms. The Balaban J connectivity index is 1.72. The molecular formula is C28H36N4O4S. The number of rotatable bonds is 11. The number of carbonyl (C=O) groups is 2. The third kappa shape index (κ3) is 8.46. The van der Waals surface area contributed by atoms with Crippen LogP contribution in [0.5, 0.6) is 0 Å². The Labute approximate surface area is 222 Å². The zero-order valence-electron chi connectivity index (χ0n) is 21.3. The lowest BCUT2D eigenvalue weighted by molar-refractivity contribution is 0.0714. The first-order chi connectivity index (χ1) is 17.6. The van der Waals surface area contributed by atoms with E-state index in [1.54, 1.807) is 43.6 Å². The van der Waals surface area contributed by atoms with Crippen LogP contribution in [0.1, 0.15) is 39.6 Å². The highest BCUT2D eigenvalue weighted by molar-refractivity contribution is 8.05. The predicted octanol–water partition coefficient (Wildman–Crippen LogP) is 2.25. The summed E-state index contributed by atoms with van der Waals surface area (Å²) in [7, 11) is 1.68. The van der Waals surface area contributed by atoms with Gasteiger partial charge in [-0.3, -0.25) is 9.59 Å². The van der Waals surface area contributed by atoms with Crippen LogP contribution in [0.25, 0.3) is 0 Å². The number of nitrogens with one attached hydrogen (secondary N) is 2. The highest BCUT2D eigenvalue weighted by Crippen LogP contribution is 2.19. The highest BCUT2D eigenvalue weighted by Gasteiger charge is 2.34. The minimum atomic E-state index is -0.910. The minimum Gasteiger partial charge on any atom is -0.402 e. The van der Waals surface area contributed by atoms with E-state index in [0.717, 1.165) is 10.5 Å². The van der Waals surface area contributed by atoms with Gasteiger partial charge >= 0.3 is 0 Å². The van der Waals surface area contributed by atoms with Gasteiger partial charge in [-0.25, -0.2) is 0 Å². The number of aliphatic hydroxyl groups is 2. The van der Waals surface area contributed by atoms with Crippen molar-refractivity contribution in [2.45, 2.75) is 44.1 Å². The average molecular weight is 525 g/mol. The number of aliphatic hydroxyl groups excluding tert-OH is 2. The standard InChI is InChI=1S/C28H36N4O4S/c1-18(29)17-37-19(2)16-32(3)28(36)22-11-7-10-21(13-22)27(35)31-25(12-20-8-5-4-6-9-20)26(34)24-14-23(33)15-30-24/h4-11,13,17,23-26,30,33-34H,2,12,14-16,29H2,1,3H3,(H,31,35)/b18-17-/t23-,24-,25+,26-/m1/s1. The van der Waals surface area contributed by atoms with Crippen molar-refractivity contribution in [3.63, 3.8) is 0 Å². The fraction of sp³-hybridized carbons (Fsp3) is 0.357. The highest BCUT2D eigenvalue weighted by atomic mass is 32.2. The molecule has 4 atom stereocenters. The van der Waals surface area contributed by atoms with Crippen molar-refractivity contribution in [3.8, 4) is 0 Å². The van der Waals surface area contributed by atoms with Crippen LogP contribution in [0, 0.1) is 0 Å². The van der Waals surface area contributed by atoms with Crippen molar-refractivity contribution in [2.75, 3.05) is 20.1 Å². The minimum absolute atomic E-state index is 0.241. The number of allylic oxidation sites excluding steroid dienone is 1. The van der Waals surface area contributed by atoms with E-state index in [0.29, 0.717) is 42.8 Å². The van der Waals surface area contributed by atoms with Crippen molar-refractivity contribution in [1.29, 1.82) is 0 Å². The molecular weight excluding hydrogens is 488 g/mol. The Hall–Kier alpha value is -3.11. The molecule has 198 valence electrons. The second-order valence-corrected chi connectivity index (χ2v) is 10.5. The first-order valence-electron chi connectivity index (χ1n) is 12.2. The molecule has 1 heterocycles. The normalized spacial score (nSPS) is 19.2. The van der Waals surface area contributed by atoms with Crippen LogP contribution in [0.15, 0.2) is 77.2 Å². The van der Waals surface area contributed by atoms with E-state index in [9.17, 15) is 19.8 Å². The molecule has 0 aromatic heterocycles. The van der Waals surface area contributed by atoms with Gasteiger partial charge in [0.05, 0.1) is 24.8 Å². The Morgan fingerprint density at radius 1 is 1.24 bits per heavy atom. The molecule has 0 unspecified atom stereocenters. The number of nitrogens with zero attached hydrogens (tertiary/aromatic N) is 1. The zero-order valence-corrected chi connectivity index (χ0v) is 22.1. The van der Waals surface area contributed by atoms with Crippen molar-refractivity contribution in [3.05, 3.63) is 93.9 Å². The lowest BCUT2D eigenvalue weighted by Crippen LogP contribution is -2.52. The third-order valence-corrected chi connectivity index (χ3v) is 7.08. The lowest BCUT2D eigenvalue weighted by atomic mass is 9.94. The van der Waals surface area contributed by atoms with Crippen LogP contribution >= 0.6 is 11.8 Å². The quantitative estimate of drug-likeness (QED) is 0.305. The van der Waals surface area contributed by atoms with Crippen LogP contribution in [0.2, 0.25) is 0 Å². The molecule has 6 N–H and O–H groups in total. The molecule has 2 amide bonds. The van der Waals surface area contributed by atoms with E-state index in [1.807, 2.05) is 30.3 Å². The number of carbonyl (C=O) groups excluding carboxylic acids is 2. The fourth-order valence-corrected chi connectivity index (χ4v) is 4.85. The molecule has 3 rings (SSSR count). The molecule has 0 radical (unpaired) electrons. The number of hydrogen-bond acceptors (Lipinski definition) is 7. The van der Waals surface area contributed by atoms with E-state index in [4.69, 9.17) is 5.73 Å². The lowest BCUT2D eigenvalue weighted by Gasteiger charge is -2.29. The smallest absolute Gasteiger partial charge is 0.253 e. The summed E-state index contributed by atoms with van der Waals surface area (Å²) in [6.45, 7) is 6.48. The second kappa shape index (κ2) is 13.4. The number of β-amino-alcohol motifs (C(OH)–C–C–N with tert-alkyl or cyclic N) is 1. The molecule has 0 spiro atoms. The van der Waals surface area contributed by atoms with Crippen LogP contribution in [-0.2, 0) is 6.42 Å². The van der Waals surface area contributed by atoms with Crippen LogP contribution in [-0.4, -0.2) is 71.4 Å². The van der Waals surface area contributed by atoms with E-state index in [2.05, 4.69) is 17.2 Å². The van der Waals surface area contributed by atoms with Gasteiger partial charge in [-0.1, -0.05) is 54.7 Å². The first-order valence-corrected chi connectivity index (χ1v) is 13.1. The molecule has 0 saturated carbocycles. The molecule has 2 aromatic rings. The molecule has 1 aliphatic heterocycles. The topological polar surface area (TPSA) is 128 Å². The van der Waals surface area contributed by atoms with Gasteiger partial charge in [-0.05, 0) is 48.9 Å². The Morgan fingerprint density at radius 3 is 2.59 bits per heavy atom. The van der Waals surface area contributed by atoms with Crippen molar-refractivity contribution in [2.24, 2.45) is 5.73 Å². The summed E-state index contributed by atoms with van der Waals surface area (Å²) >= 11 is 1.37. The number of benzene rings is 2. The van der Waals surface area contributed by atoms with Gasteiger partial charge in [-0.15, -0.1) is 0 Å². The summed E-state index contributed by atoms with van der Waals surface area (Å²) in [5, 5.41) is 28.9. The van der Waals surface area contributed by atoms with Crippen molar-refractivity contribution in [1.82, 2.24) is 15.5 Å². The van der Waals surface area contributed by atoms with Crippen LogP contribution in [0.4, 0.5) is 0 Å². The van der Waals surface area contributed by atoms with Gasteiger partial charge in [0.15, 0.2) is 0 Å². The van der Waals surface area contributed by atoms with Gasteiger partial charge in [-0.2, -0.15) is 0 Å². The number of likely N-dealkylation sites (N-methyl/N-ethyl adjacent to an activating group) is 1. The average Bonchev–Trinajstić information content (AvgIpc) is 3.33. The van der Waals surface area contributed by atoms with Gasteiger partial charge < -0.3 is 31.5 Å². The van der Waals surface area contributed by atoms with Crippen LogP contribution < -0.4 is 16.4 Å². The number of amides is 2. The third-order valence-electron chi connectivity index (χ3n) is 6.12. The predicted molar refractivity (Wildman–Crippen MR) is 148 cm³/mol. The summed E-state index contributed by atoms with van der Waals surface area (Å²) in [6, 6.07) is 15.2. The molecule has 9 heteroatoms. The molecule has 2 aromatic carbocycles. The summed E-state index contributed by atoms with van der Waals surface area (Å²) in [6.07, 6.45) is -0.618. The largest absolute Gasteiger partial charge is 0.402 e. The number of thioether (sulfide) groups is 1. The van der Waals surface area contributed by atoms with Gasteiger partial charge in [0.1, 0.15) is 0 Å². The Kier molecular flexibility index (Phi) is 10.3. The molecule has 1 aliphatic rings. The maximum atomic E-state index is 13.2. The second-order valence-electron chi connectivity index (χ2n) is 9.42. The SMILES string of the molecule is C=C(CN(C)C(=O)c1cccc(C(=O)N[C@@H](Cc2ccccc2)[C@H](O)[C@H]2C[C@@H](O)CN2)c1)S/C=C(/C)N. The molecule has 0 aliphatic carbocycles. The van der Waals surface area contributed by atoms with E-state index < -0.39 is 18.2 Å². The van der Waals surface area contributed by atoms with E-state index in [-0.39, 0.29) is 17.9 Å². The summed E-state index contributed by atoms with van der Waals surface area (Å²) in [5.41, 5.74) is 7.98. The number of nitrogens with two attached hydrogens (primary N) is 1. The van der Waals surface area contributed by atoms with Gasteiger partial charge in [0, 0.05) is 41.4 Å². The van der Waals surface area contributed by atoms with Gasteiger partial charge in [0.25, 0.3) is 11.8 Å². The molecule has 8 nitrogen and oxygen atoms in total. The summed E-state index contributed by atoms with van der Waals surface area (Å²) in [4.78, 5) is 28.5. The zero-order chi connectivity index (χ0) is 26.9. The monoisotopic (exact) mass is 524 g/mol. The Bertz CT molecular complexity index is 1120. The van der Waals surface area contributed by atoms with Crippen molar-refractivity contribution < 1.29 is 19.8 Å². The van der Waals surface area contributed by atoms with Crippen molar-refractivity contribution >= 4 is 23.6 Å². The molecule has 37 heavy (non-hydrogen) atoms. The molecule has 1 saturated heterocycles. The van der Waals surface area contributed by atoms with Gasteiger partial charge in [0.2, 0.25) is 0 Å². The summed E-state index contributed by atoms with van der Waals surface area (Å²) < 4.78 is 0.